The smallest absolute Gasteiger partial charge is 0.222 e. The van der Waals surface area contributed by atoms with Gasteiger partial charge in [-0.25, -0.2) is 13.6 Å². The minimum Gasteiger partial charge on any atom is -0.343 e. The lowest BCUT2D eigenvalue weighted by atomic mass is 10.1. The highest BCUT2D eigenvalue weighted by molar-refractivity contribution is 7.89. The summed E-state index contributed by atoms with van der Waals surface area (Å²) in [4.78, 5) is 14.1. The van der Waals surface area contributed by atoms with E-state index in [1.807, 2.05) is 4.90 Å². The third-order valence-electron chi connectivity index (χ3n) is 3.49. The Morgan fingerprint density at radius 1 is 0.905 bits per heavy atom. The molecule has 0 atom stereocenters. The third-order valence-corrected chi connectivity index (χ3v) is 4.34. The maximum atomic E-state index is 12.2. The van der Waals surface area contributed by atoms with E-state index in [1.165, 1.54) is 0 Å². The zero-order valence-corrected chi connectivity index (χ0v) is 14.5. The van der Waals surface area contributed by atoms with Gasteiger partial charge >= 0.3 is 0 Å². The number of nitrogens with zero attached hydrogens (tertiary/aromatic N) is 1. The Kier molecular flexibility index (Phi) is 11.6. The molecular formula is C15H32N2O3S. The van der Waals surface area contributed by atoms with Crippen LogP contribution in [0, 0.1) is 0 Å². The maximum absolute atomic E-state index is 12.2. The van der Waals surface area contributed by atoms with Gasteiger partial charge in [0.05, 0.1) is 5.75 Å². The molecule has 0 aliphatic heterocycles. The van der Waals surface area contributed by atoms with Crippen molar-refractivity contribution in [2.75, 3.05) is 18.8 Å². The van der Waals surface area contributed by atoms with Crippen molar-refractivity contribution in [2.45, 2.75) is 71.6 Å². The Morgan fingerprint density at radius 2 is 1.43 bits per heavy atom. The van der Waals surface area contributed by atoms with Gasteiger partial charge in [-0.3, -0.25) is 4.79 Å². The average molecular weight is 320 g/mol. The van der Waals surface area contributed by atoms with Crippen molar-refractivity contribution in [3.63, 3.8) is 0 Å². The van der Waals surface area contributed by atoms with Crippen LogP contribution in [-0.4, -0.2) is 38.1 Å². The summed E-state index contributed by atoms with van der Waals surface area (Å²) in [5.74, 6) is 0.281. The Morgan fingerprint density at radius 3 is 1.90 bits per heavy atom. The van der Waals surface area contributed by atoms with Gasteiger partial charge in [0, 0.05) is 19.5 Å². The topological polar surface area (TPSA) is 80.5 Å². The van der Waals surface area contributed by atoms with Crippen LogP contribution >= 0.6 is 0 Å². The zero-order valence-electron chi connectivity index (χ0n) is 13.6. The third kappa shape index (κ3) is 12.8. The van der Waals surface area contributed by atoms with Crippen LogP contribution in [0.15, 0.2) is 0 Å². The Hall–Kier alpha value is -0.620. The SMILES string of the molecule is CCCCN(CCCC)C(=O)CCCCCCS(N)(=O)=O. The van der Waals surface area contributed by atoms with Crippen molar-refractivity contribution in [3.05, 3.63) is 0 Å². The van der Waals surface area contributed by atoms with Gasteiger partial charge in [-0.2, -0.15) is 0 Å². The van der Waals surface area contributed by atoms with E-state index >= 15 is 0 Å². The lowest BCUT2D eigenvalue weighted by Crippen LogP contribution is -2.32. The molecule has 0 rings (SSSR count). The lowest BCUT2D eigenvalue weighted by molar-refractivity contribution is -0.131. The van der Waals surface area contributed by atoms with Crippen molar-refractivity contribution in [3.8, 4) is 0 Å². The summed E-state index contributed by atoms with van der Waals surface area (Å²) in [5, 5.41) is 4.94. The predicted molar refractivity (Wildman–Crippen MR) is 87.5 cm³/mol. The second-order valence-electron chi connectivity index (χ2n) is 5.62. The highest BCUT2D eigenvalue weighted by Gasteiger charge is 2.11. The van der Waals surface area contributed by atoms with Crippen molar-refractivity contribution in [1.82, 2.24) is 4.90 Å². The minimum atomic E-state index is -3.34. The number of sulfonamides is 1. The largest absolute Gasteiger partial charge is 0.343 e. The molecule has 0 bridgehead atoms. The van der Waals surface area contributed by atoms with Gasteiger partial charge in [0.2, 0.25) is 15.9 Å². The Balaban J connectivity index is 3.85. The summed E-state index contributed by atoms with van der Waals surface area (Å²) in [6.07, 6.45) is 8.01. The molecule has 0 aliphatic rings. The highest BCUT2D eigenvalue weighted by Crippen LogP contribution is 2.08. The second-order valence-corrected chi connectivity index (χ2v) is 7.35. The maximum Gasteiger partial charge on any atom is 0.222 e. The Labute approximate surface area is 130 Å². The summed E-state index contributed by atoms with van der Waals surface area (Å²) >= 11 is 0. The summed E-state index contributed by atoms with van der Waals surface area (Å²) in [6, 6.07) is 0. The van der Waals surface area contributed by atoms with Gasteiger partial charge in [0.1, 0.15) is 0 Å². The number of unbranched alkanes of at least 4 members (excludes halogenated alkanes) is 5. The molecular weight excluding hydrogens is 288 g/mol. The van der Waals surface area contributed by atoms with E-state index in [0.717, 1.165) is 58.0 Å². The monoisotopic (exact) mass is 320 g/mol. The normalized spacial score (nSPS) is 11.6. The fraction of sp³-hybridized carbons (Fsp3) is 0.933. The van der Waals surface area contributed by atoms with Gasteiger partial charge in [-0.05, 0) is 25.7 Å². The van der Waals surface area contributed by atoms with E-state index in [9.17, 15) is 13.2 Å². The quantitative estimate of drug-likeness (QED) is 0.530. The number of amides is 1. The van der Waals surface area contributed by atoms with Gasteiger partial charge in [-0.1, -0.05) is 39.5 Å². The van der Waals surface area contributed by atoms with Gasteiger partial charge in [-0.15, -0.1) is 0 Å². The molecule has 2 N–H and O–H groups in total. The van der Waals surface area contributed by atoms with Crippen LogP contribution in [0.1, 0.15) is 71.6 Å². The first-order chi connectivity index (χ1) is 9.90. The van der Waals surface area contributed by atoms with E-state index in [4.69, 9.17) is 5.14 Å². The molecule has 21 heavy (non-hydrogen) atoms. The molecule has 0 aliphatic carbocycles. The van der Waals surface area contributed by atoms with Gasteiger partial charge in [0.15, 0.2) is 0 Å². The van der Waals surface area contributed by atoms with Crippen molar-refractivity contribution < 1.29 is 13.2 Å². The molecule has 0 unspecified atom stereocenters. The number of carbonyl (C=O) groups is 1. The number of nitrogens with two attached hydrogens (primary N) is 1. The van der Waals surface area contributed by atoms with Crippen molar-refractivity contribution >= 4 is 15.9 Å². The Bertz CT molecular complexity index is 361. The fourth-order valence-corrected chi connectivity index (χ4v) is 2.76. The van der Waals surface area contributed by atoms with E-state index in [2.05, 4.69) is 13.8 Å². The molecule has 1 amide bonds. The van der Waals surface area contributed by atoms with Crippen LogP contribution in [-0.2, 0) is 14.8 Å². The van der Waals surface area contributed by atoms with Crippen LogP contribution in [0.25, 0.3) is 0 Å². The molecule has 126 valence electrons. The predicted octanol–water partition coefficient (Wildman–Crippen LogP) is 2.65. The first-order valence-electron chi connectivity index (χ1n) is 8.19. The molecule has 0 aromatic rings. The number of primary sulfonamides is 1. The fourth-order valence-electron chi connectivity index (χ4n) is 2.15. The van der Waals surface area contributed by atoms with Crippen molar-refractivity contribution in [2.24, 2.45) is 5.14 Å². The molecule has 0 radical (unpaired) electrons. The summed E-state index contributed by atoms with van der Waals surface area (Å²) in [6.45, 7) is 5.99. The standard InChI is InChI=1S/C15H32N2O3S/c1-3-5-12-17(13-6-4-2)15(18)11-9-7-8-10-14-21(16,19)20/h3-14H2,1-2H3,(H2,16,19,20). The molecule has 5 nitrogen and oxygen atoms in total. The number of rotatable bonds is 13. The molecule has 0 heterocycles. The lowest BCUT2D eigenvalue weighted by Gasteiger charge is -2.22. The summed E-state index contributed by atoms with van der Waals surface area (Å²) in [7, 11) is -3.34. The molecule has 0 aromatic carbocycles. The van der Waals surface area contributed by atoms with Crippen LogP contribution in [0.3, 0.4) is 0 Å². The highest BCUT2D eigenvalue weighted by atomic mass is 32.2. The van der Waals surface area contributed by atoms with Crippen LogP contribution in [0.5, 0.6) is 0 Å². The zero-order chi connectivity index (χ0) is 16.1. The second kappa shape index (κ2) is 12.0. The van der Waals surface area contributed by atoms with Crippen LogP contribution < -0.4 is 5.14 Å². The van der Waals surface area contributed by atoms with E-state index < -0.39 is 10.0 Å². The number of carbonyl (C=O) groups excluding carboxylic acids is 1. The first-order valence-corrected chi connectivity index (χ1v) is 9.90. The van der Waals surface area contributed by atoms with Gasteiger partial charge < -0.3 is 4.90 Å². The number of hydrogen-bond acceptors (Lipinski definition) is 3. The molecule has 0 saturated heterocycles. The van der Waals surface area contributed by atoms with Gasteiger partial charge in [0.25, 0.3) is 0 Å². The molecule has 0 saturated carbocycles. The van der Waals surface area contributed by atoms with E-state index in [1.54, 1.807) is 0 Å². The van der Waals surface area contributed by atoms with E-state index in [0.29, 0.717) is 12.8 Å². The molecule has 0 spiro atoms. The first kappa shape index (κ1) is 20.4. The molecule has 0 fully saturated rings. The molecule has 0 aromatic heterocycles. The van der Waals surface area contributed by atoms with Crippen molar-refractivity contribution in [1.29, 1.82) is 0 Å². The minimum absolute atomic E-state index is 0.0417. The van der Waals surface area contributed by atoms with Crippen LogP contribution in [0.4, 0.5) is 0 Å². The summed E-state index contributed by atoms with van der Waals surface area (Å²) < 4.78 is 21.6. The van der Waals surface area contributed by atoms with E-state index in [-0.39, 0.29) is 11.7 Å². The average Bonchev–Trinajstić information content (AvgIpc) is 2.41. The number of hydrogen-bond donors (Lipinski definition) is 1. The molecule has 6 heteroatoms. The summed E-state index contributed by atoms with van der Waals surface area (Å²) in [5.41, 5.74) is 0. The van der Waals surface area contributed by atoms with Crippen LogP contribution in [0.2, 0.25) is 0 Å².